The Hall–Kier alpha value is -1.45. The number of rotatable bonds is 4. The number of carbonyl (C=O) groups excluding carboxylic acids is 2. The van der Waals surface area contributed by atoms with Crippen molar-refractivity contribution >= 4 is 37.8 Å². The molecule has 9 heteroatoms. The van der Waals surface area contributed by atoms with Gasteiger partial charge in [0, 0.05) is 42.5 Å². The minimum atomic E-state index is -3.53. The van der Waals surface area contributed by atoms with Gasteiger partial charge in [0.1, 0.15) is 0 Å². The molecule has 3 rings (SSSR count). The molecule has 7 nitrogen and oxygen atoms in total. The lowest BCUT2D eigenvalue weighted by molar-refractivity contribution is -0.139. The Labute approximate surface area is 168 Å². The van der Waals surface area contributed by atoms with Crippen LogP contribution in [0, 0.1) is 11.8 Å². The van der Waals surface area contributed by atoms with Gasteiger partial charge in [-0.15, -0.1) is 0 Å². The van der Waals surface area contributed by atoms with Gasteiger partial charge in [-0.3, -0.25) is 9.59 Å². The third-order valence-corrected chi connectivity index (χ3v) is 7.91. The Balaban J connectivity index is 1.56. The third kappa shape index (κ3) is 4.52. The van der Waals surface area contributed by atoms with Gasteiger partial charge in [0.2, 0.25) is 21.8 Å². The predicted molar refractivity (Wildman–Crippen MR) is 104 cm³/mol. The maximum Gasteiger partial charge on any atom is 0.243 e. The van der Waals surface area contributed by atoms with Crippen molar-refractivity contribution in [3.8, 4) is 0 Å². The van der Waals surface area contributed by atoms with Crippen molar-refractivity contribution in [2.45, 2.75) is 30.6 Å². The van der Waals surface area contributed by atoms with Crippen LogP contribution in [0.2, 0.25) is 0 Å². The first-order chi connectivity index (χ1) is 12.8. The predicted octanol–water partition coefficient (Wildman–Crippen LogP) is 1.57. The van der Waals surface area contributed by atoms with Crippen LogP contribution in [0.25, 0.3) is 0 Å². The molecule has 2 aliphatic rings. The fourth-order valence-corrected chi connectivity index (χ4v) is 5.48. The number of nitrogens with two attached hydrogens (primary N) is 1. The number of sulfonamides is 1. The van der Waals surface area contributed by atoms with E-state index in [4.69, 9.17) is 5.73 Å². The van der Waals surface area contributed by atoms with E-state index in [0.717, 1.165) is 4.47 Å². The van der Waals surface area contributed by atoms with Gasteiger partial charge in [-0.05, 0) is 49.9 Å². The first-order valence-corrected chi connectivity index (χ1v) is 11.4. The highest BCUT2D eigenvalue weighted by atomic mass is 79.9. The standard InChI is InChI=1S/C18H24BrN3O4S/c19-15-1-3-16(4-2-15)27(25,26)22-11-7-14(8-12-22)18(24)21-9-5-13(6-10-21)17(20)23/h1-4,13-14H,5-12H2,(H2,20,23). The van der Waals surface area contributed by atoms with E-state index in [1.54, 1.807) is 29.2 Å². The normalized spacial score (nSPS) is 20.6. The summed E-state index contributed by atoms with van der Waals surface area (Å²) in [5, 5.41) is 0. The maximum absolute atomic E-state index is 12.7. The number of nitrogens with zero attached hydrogens (tertiary/aromatic N) is 2. The maximum atomic E-state index is 12.7. The van der Waals surface area contributed by atoms with Crippen molar-refractivity contribution in [1.82, 2.24) is 9.21 Å². The van der Waals surface area contributed by atoms with Crippen LogP contribution < -0.4 is 5.73 Å². The van der Waals surface area contributed by atoms with Gasteiger partial charge in [0.05, 0.1) is 4.90 Å². The molecule has 0 aliphatic carbocycles. The molecule has 1 aromatic rings. The summed E-state index contributed by atoms with van der Waals surface area (Å²) < 4.78 is 27.8. The number of halogens is 1. The van der Waals surface area contributed by atoms with Crippen molar-refractivity contribution in [1.29, 1.82) is 0 Å². The minimum Gasteiger partial charge on any atom is -0.369 e. The van der Waals surface area contributed by atoms with E-state index in [1.807, 2.05) is 0 Å². The van der Waals surface area contributed by atoms with Crippen LogP contribution in [-0.2, 0) is 19.6 Å². The van der Waals surface area contributed by atoms with E-state index in [2.05, 4.69) is 15.9 Å². The van der Waals surface area contributed by atoms with E-state index in [0.29, 0.717) is 51.9 Å². The fraction of sp³-hybridized carbons (Fsp3) is 0.556. The summed E-state index contributed by atoms with van der Waals surface area (Å²) in [6.45, 7) is 1.77. The Morgan fingerprint density at radius 2 is 1.44 bits per heavy atom. The molecule has 2 heterocycles. The minimum absolute atomic E-state index is 0.0682. The van der Waals surface area contributed by atoms with E-state index in [9.17, 15) is 18.0 Å². The van der Waals surface area contributed by atoms with Crippen molar-refractivity contribution in [2.24, 2.45) is 17.6 Å². The molecule has 2 fully saturated rings. The van der Waals surface area contributed by atoms with Gasteiger partial charge in [-0.2, -0.15) is 4.31 Å². The molecule has 2 aliphatic heterocycles. The Morgan fingerprint density at radius 3 is 1.96 bits per heavy atom. The number of benzene rings is 1. The van der Waals surface area contributed by atoms with Gasteiger partial charge in [0.15, 0.2) is 0 Å². The lowest BCUT2D eigenvalue weighted by Gasteiger charge is -2.36. The first kappa shape index (κ1) is 20.3. The number of likely N-dealkylation sites (tertiary alicyclic amines) is 1. The first-order valence-electron chi connectivity index (χ1n) is 9.13. The van der Waals surface area contributed by atoms with E-state index in [-0.39, 0.29) is 28.5 Å². The second kappa shape index (κ2) is 8.28. The van der Waals surface area contributed by atoms with E-state index >= 15 is 0 Å². The van der Waals surface area contributed by atoms with Gasteiger partial charge in [0.25, 0.3) is 0 Å². The number of hydrogen-bond donors (Lipinski definition) is 1. The summed E-state index contributed by atoms with van der Waals surface area (Å²) in [6.07, 6.45) is 2.25. The zero-order valence-corrected chi connectivity index (χ0v) is 17.4. The van der Waals surface area contributed by atoms with E-state index < -0.39 is 10.0 Å². The number of amides is 2. The third-order valence-electron chi connectivity index (χ3n) is 5.46. The number of piperidine rings is 2. The largest absolute Gasteiger partial charge is 0.369 e. The molecule has 2 saturated heterocycles. The highest BCUT2D eigenvalue weighted by Crippen LogP contribution is 2.27. The Morgan fingerprint density at radius 1 is 0.926 bits per heavy atom. The molecule has 0 spiro atoms. The molecule has 1 aromatic carbocycles. The average Bonchev–Trinajstić information content (AvgIpc) is 2.68. The molecule has 2 N–H and O–H groups in total. The smallest absolute Gasteiger partial charge is 0.243 e. The lowest BCUT2D eigenvalue weighted by atomic mass is 9.92. The summed E-state index contributed by atoms with van der Waals surface area (Å²) in [5.41, 5.74) is 5.34. The number of hydrogen-bond acceptors (Lipinski definition) is 4. The molecule has 0 unspecified atom stereocenters. The van der Waals surface area contributed by atoms with Crippen molar-refractivity contribution < 1.29 is 18.0 Å². The van der Waals surface area contributed by atoms with Crippen LogP contribution in [0.15, 0.2) is 33.6 Å². The summed E-state index contributed by atoms with van der Waals surface area (Å²) in [6, 6.07) is 6.58. The molecule has 0 bridgehead atoms. The van der Waals surface area contributed by atoms with Crippen LogP contribution in [0.4, 0.5) is 0 Å². The van der Waals surface area contributed by atoms with Gasteiger partial charge >= 0.3 is 0 Å². The second-order valence-electron chi connectivity index (χ2n) is 7.13. The lowest BCUT2D eigenvalue weighted by Crippen LogP contribution is -2.47. The summed E-state index contributed by atoms with van der Waals surface area (Å²) in [7, 11) is -3.53. The van der Waals surface area contributed by atoms with Crippen LogP contribution in [-0.4, -0.2) is 55.6 Å². The molecule has 148 valence electrons. The zero-order chi connectivity index (χ0) is 19.6. The molecule has 0 radical (unpaired) electrons. The molecule has 2 amide bonds. The topological polar surface area (TPSA) is 101 Å². The number of primary amides is 1. The summed E-state index contributed by atoms with van der Waals surface area (Å²) in [5.74, 6) is -0.536. The van der Waals surface area contributed by atoms with Crippen LogP contribution in [0.5, 0.6) is 0 Å². The summed E-state index contributed by atoms with van der Waals surface area (Å²) in [4.78, 5) is 26.0. The van der Waals surface area contributed by atoms with Crippen molar-refractivity contribution in [3.63, 3.8) is 0 Å². The fourth-order valence-electron chi connectivity index (χ4n) is 3.74. The van der Waals surface area contributed by atoms with Gasteiger partial charge < -0.3 is 10.6 Å². The highest BCUT2D eigenvalue weighted by molar-refractivity contribution is 9.10. The zero-order valence-electron chi connectivity index (χ0n) is 15.0. The molecule has 27 heavy (non-hydrogen) atoms. The van der Waals surface area contributed by atoms with E-state index in [1.165, 1.54) is 4.31 Å². The molecule has 0 atom stereocenters. The molecule has 0 aromatic heterocycles. The monoisotopic (exact) mass is 457 g/mol. The van der Waals surface area contributed by atoms with Crippen LogP contribution in [0.3, 0.4) is 0 Å². The van der Waals surface area contributed by atoms with Gasteiger partial charge in [-0.25, -0.2) is 8.42 Å². The van der Waals surface area contributed by atoms with Crippen molar-refractivity contribution in [2.75, 3.05) is 26.2 Å². The Kier molecular flexibility index (Phi) is 6.22. The van der Waals surface area contributed by atoms with Gasteiger partial charge in [-0.1, -0.05) is 15.9 Å². The summed E-state index contributed by atoms with van der Waals surface area (Å²) >= 11 is 3.31. The average molecular weight is 458 g/mol. The Bertz CT molecular complexity index is 796. The van der Waals surface area contributed by atoms with Crippen LogP contribution >= 0.6 is 15.9 Å². The second-order valence-corrected chi connectivity index (χ2v) is 9.99. The molecular formula is C18H24BrN3O4S. The SMILES string of the molecule is NC(=O)C1CCN(C(=O)C2CCN(S(=O)(=O)c3ccc(Br)cc3)CC2)CC1. The van der Waals surface area contributed by atoms with Crippen molar-refractivity contribution in [3.05, 3.63) is 28.7 Å². The molecule has 0 saturated carbocycles. The number of carbonyl (C=O) groups is 2. The molecular weight excluding hydrogens is 434 g/mol. The highest BCUT2D eigenvalue weighted by Gasteiger charge is 2.35. The van der Waals surface area contributed by atoms with Crippen LogP contribution in [0.1, 0.15) is 25.7 Å². The quantitative estimate of drug-likeness (QED) is 0.740.